The Labute approximate surface area is 174 Å². The fourth-order valence-electron chi connectivity index (χ4n) is 2.95. The lowest BCUT2D eigenvalue weighted by molar-refractivity contribution is -0.124. The largest absolute Gasteiger partial charge is 0.493 e. The molecule has 0 aliphatic carbocycles. The number of ether oxygens (including phenoxy) is 4. The zero-order chi connectivity index (χ0) is 22.3. The van der Waals surface area contributed by atoms with E-state index in [1.165, 1.54) is 21.3 Å². The molecule has 0 atom stereocenters. The number of amides is 1. The van der Waals surface area contributed by atoms with Crippen LogP contribution in [0.4, 0.5) is 0 Å². The zero-order valence-electron chi connectivity index (χ0n) is 17.7. The molecule has 1 heterocycles. The van der Waals surface area contributed by atoms with Crippen molar-refractivity contribution < 1.29 is 33.3 Å². The Morgan fingerprint density at radius 2 is 1.73 bits per heavy atom. The Balaban J connectivity index is 1.96. The Bertz CT molecular complexity index is 934. The highest BCUT2D eigenvalue weighted by molar-refractivity contribution is 5.99. The molecule has 0 aliphatic rings. The molecule has 9 nitrogen and oxygen atoms in total. The number of hydrogen-bond acceptors (Lipinski definition) is 7. The molecule has 0 unspecified atom stereocenters. The number of carbonyl (C=O) groups excluding carboxylic acids is 3. The van der Waals surface area contributed by atoms with Gasteiger partial charge in [-0.25, -0.2) is 9.59 Å². The summed E-state index contributed by atoms with van der Waals surface area (Å²) in [7, 11) is 4.34. The fraction of sp³-hybridized carbons (Fsp3) is 0.381. The van der Waals surface area contributed by atoms with Crippen molar-refractivity contribution in [1.29, 1.82) is 0 Å². The van der Waals surface area contributed by atoms with Crippen LogP contribution in [0.15, 0.2) is 18.2 Å². The van der Waals surface area contributed by atoms with E-state index < -0.39 is 24.5 Å². The standard InChI is InChI=1S/C21H26N2O7/c1-6-14-18(20(25)29-5)12(2)19(23-14)21(26)30-11-17(24)22-10-13-7-8-15(27-3)16(9-13)28-4/h7-9,23H,6,10-11H2,1-5H3,(H,22,24). The number of benzene rings is 1. The van der Waals surface area contributed by atoms with Gasteiger partial charge in [0.15, 0.2) is 18.1 Å². The third kappa shape index (κ3) is 5.11. The first kappa shape index (κ1) is 22.8. The average Bonchev–Trinajstić information content (AvgIpc) is 3.11. The molecule has 1 aromatic heterocycles. The van der Waals surface area contributed by atoms with Gasteiger partial charge in [-0.3, -0.25) is 4.79 Å². The SMILES string of the molecule is CCc1[nH]c(C(=O)OCC(=O)NCc2ccc(OC)c(OC)c2)c(C)c1C(=O)OC. The van der Waals surface area contributed by atoms with E-state index in [0.717, 1.165) is 5.56 Å². The molecule has 0 saturated carbocycles. The first-order chi connectivity index (χ1) is 14.4. The maximum Gasteiger partial charge on any atom is 0.355 e. The zero-order valence-corrected chi connectivity index (χ0v) is 17.7. The minimum absolute atomic E-state index is 0.125. The van der Waals surface area contributed by atoms with E-state index in [9.17, 15) is 14.4 Å². The lowest BCUT2D eigenvalue weighted by Gasteiger charge is -2.10. The van der Waals surface area contributed by atoms with Crippen molar-refractivity contribution >= 4 is 17.8 Å². The molecule has 2 N–H and O–H groups in total. The van der Waals surface area contributed by atoms with Crippen molar-refractivity contribution in [3.8, 4) is 11.5 Å². The van der Waals surface area contributed by atoms with Gasteiger partial charge in [-0.2, -0.15) is 0 Å². The summed E-state index contributed by atoms with van der Waals surface area (Å²) in [6.45, 7) is 3.23. The molecule has 1 amide bonds. The number of H-pyrrole nitrogens is 1. The number of rotatable bonds is 9. The second-order valence-corrected chi connectivity index (χ2v) is 6.37. The summed E-state index contributed by atoms with van der Waals surface area (Å²) in [4.78, 5) is 39.3. The molecular weight excluding hydrogens is 392 g/mol. The maximum atomic E-state index is 12.4. The van der Waals surface area contributed by atoms with Crippen LogP contribution in [0, 0.1) is 6.92 Å². The monoisotopic (exact) mass is 418 g/mol. The van der Waals surface area contributed by atoms with Gasteiger partial charge in [0.2, 0.25) is 0 Å². The molecule has 30 heavy (non-hydrogen) atoms. The van der Waals surface area contributed by atoms with Gasteiger partial charge >= 0.3 is 11.9 Å². The summed E-state index contributed by atoms with van der Waals surface area (Å²) in [5, 5.41) is 2.67. The Hall–Kier alpha value is -3.49. The van der Waals surface area contributed by atoms with Crippen LogP contribution in [0.3, 0.4) is 0 Å². The number of carbonyl (C=O) groups is 3. The van der Waals surface area contributed by atoms with E-state index >= 15 is 0 Å². The van der Waals surface area contributed by atoms with Crippen molar-refractivity contribution in [2.45, 2.75) is 26.8 Å². The topological polar surface area (TPSA) is 116 Å². The van der Waals surface area contributed by atoms with Gasteiger partial charge in [0.25, 0.3) is 5.91 Å². The van der Waals surface area contributed by atoms with Crippen LogP contribution in [-0.2, 0) is 27.2 Å². The van der Waals surface area contributed by atoms with Crippen LogP contribution in [-0.4, -0.2) is 50.8 Å². The summed E-state index contributed by atoms with van der Waals surface area (Å²) in [5.74, 6) is -0.594. The third-order valence-electron chi connectivity index (χ3n) is 4.55. The average molecular weight is 418 g/mol. The summed E-state index contributed by atoms with van der Waals surface area (Å²) in [6.07, 6.45) is 0.504. The van der Waals surface area contributed by atoms with E-state index in [2.05, 4.69) is 10.3 Å². The van der Waals surface area contributed by atoms with Crippen LogP contribution in [0.1, 0.15) is 44.6 Å². The molecule has 2 rings (SSSR count). The second kappa shape index (κ2) is 10.3. The molecule has 1 aromatic carbocycles. The highest BCUT2D eigenvalue weighted by Crippen LogP contribution is 2.27. The van der Waals surface area contributed by atoms with Gasteiger partial charge in [-0.1, -0.05) is 13.0 Å². The molecular formula is C21H26N2O7. The van der Waals surface area contributed by atoms with Gasteiger partial charge in [-0.05, 0) is 36.6 Å². The van der Waals surface area contributed by atoms with Gasteiger partial charge in [0.05, 0.1) is 26.9 Å². The van der Waals surface area contributed by atoms with Gasteiger partial charge in [0.1, 0.15) is 5.69 Å². The Kier molecular flexibility index (Phi) is 7.85. The minimum atomic E-state index is -0.724. The molecule has 0 fully saturated rings. The minimum Gasteiger partial charge on any atom is -0.493 e. The number of aryl methyl sites for hydroxylation is 1. The predicted molar refractivity (Wildman–Crippen MR) is 108 cm³/mol. The Morgan fingerprint density at radius 3 is 2.33 bits per heavy atom. The molecule has 0 aliphatic heterocycles. The lowest BCUT2D eigenvalue weighted by Crippen LogP contribution is -2.28. The van der Waals surface area contributed by atoms with Gasteiger partial charge in [0, 0.05) is 12.2 Å². The molecule has 9 heteroatoms. The quantitative estimate of drug-likeness (QED) is 0.600. The van der Waals surface area contributed by atoms with Crippen molar-refractivity contribution in [3.63, 3.8) is 0 Å². The fourth-order valence-corrected chi connectivity index (χ4v) is 2.95. The van der Waals surface area contributed by atoms with Crippen molar-refractivity contribution in [2.75, 3.05) is 27.9 Å². The maximum absolute atomic E-state index is 12.4. The number of hydrogen-bond donors (Lipinski definition) is 2. The molecule has 162 valence electrons. The van der Waals surface area contributed by atoms with E-state index in [1.807, 2.05) is 6.92 Å². The van der Waals surface area contributed by atoms with Crippen LogP contribution in [0.2, 0.25) is 0 Å². The molecule has 0 spiro atoms. The Morgan fingerprint density at radius 1 is 1.03 bits per heavy atom. The summed E-state index contributed by atoms with van der Waals surface area (Å²) >= 11 is 0. The highest BCUT2D eigenvalue weighted by atomic mass is 16.5. The van der Waals surface area contributed by atoms with Crippen LogP contribution < -0.4 is 14.8 Å². The van der Waals surface area contributed by atoms with E-state index in [4.69, 9.17) is 18.9 Å². The van der Waals surface area contributed by atoms with Crippen molar-refractivity contribution in [3.05, 3.63) is 46.3 Å². The number of methoxy groups -OCH3 is 3. The van der Waals surface area contributed by atoms with E-state index in [1.54, 1.807) is 25.1 Å². The third-order valence-corrected chi connectivity index (χ3v) is 4.55. The number of esters is 2. The first-order valence-corrected chi connectivity index (χ1v) is 9.30. The summed E-state index contributed by atoms with van der Waals surface area (Å²) in [6, 6.07) is 5.27. The lowest BCUT2D eigenvalue weighted by atomic mass is 10.1. The number of aromatic amines is 1. The van der Waals surface area contributed by atoms with Gasteiger partial charge in [-0.15, -0.1) is 0 Å². The molecule has 2 aromatic rings. The number of aromatic nitrogens is 1. The molecule has 0 saturated heterocycles. The first-order valence-electron chi connectivity index (χ1n) is 9.30. The van der Waals surface area contributed by atoms with Crippen LogP contribution >= 0.6 is 0 Å². The molecule has 0 bridgehead atoms. The number of nitrogens with one attached hydrogen (secondary N) is 2. The smallest absolute Gasteiger partial charge is 0.355 e. The van der Waals surface area contributed by atoms with Gasteiger partial charge < -0.3 is 29.2 Å². The van der Waals surface area contributed by atoms with E-state index in [-0.39, 0.29) is 12.2 Å². The highest BCUT2D eigenvalue weighted by Gasteiger charge is 2.24. The predicted octanol–water partition coefficient (Wildman–Crippen LogP) is 2.16. The van der Waals surface area contributed by atoms with Crippen LogP contribution in [0.25, 0.3) is 0 Å². The van der Waals surface area contributed by atoms with Crippen molar-refractivity contribution in [1.82, 2.24) is 10.3 Å². The van der Waals surface area contributed by atoms with Crippen LogP contribution in [0.5, 0.6) is 11.5 Å². The summed E-state index contributed by atoms with van der Waals surface area (Å²) in [5.41, 5.74) is 2.23. The molecule has 0 radical (unpaired) electrons. The van der Waals surface area contributed by atoms with Crippen molar-refractivity contribution in [2.24, 2.45) is 0 Å². The summed E-state index contributed by atoms with van der Waals surface area (Å²) < 4.78 is 20.2. The van der Waals surface area contributed by atoms with E-state index in [0.29, 0.717) is 34.7 Å². The second-order valence-electron chi connectivity index (χ2n) is 6.37. The normalized spacial score (nSPS) is 10.3.